The van der Waals surface area contributed by atoms with Gasteiger partial charge < -0.3 is 5.32 Å². The van der Waals surface area contributed by atoms with Crippen LogP contribution in [0, 0.1) is 0 Å². The number of aryl methyl sites for hydroxylation is 1. The van der Waals surface area contributed by atoms with Crippen LogP contribution in [0.3, 0.4) is 0 Å². The number of benzene rings is 1. The topological polar surface area (TPSA) is 54.0 Å². The summed E-state index contributed by atoms with van der Waals surface area (Å²) < 4.78 is 0. The van der Waals surface area contributed by atoms with Gasteiger partial charge in [-0.3, -0.25) is 15.1 Å². The zero-order valence-electron chi connectivity index (χ0n) is 13.7. The third-order valence-corrected chi connectivity index (χ3v) is 5.39. The lowest BCUT2D eigenvalue weighted by molar-refractivity contribution is -0.122. The van der Waals surface area contributed by atoms with E-state index in [9.17, 15) is 4.79 Å². The molecule has 1 fully saturated rings. The van der Waals surface area contributed by atoms with Crippen LogP contribution >= 0.6 is 11.8 Å². The fourth-order valence-corrected chi connectivity index (χ4v) is 4.00. The van der Waals surface area contributed by atoms with Crippen molar-refractivity contribution in [3.05, 3.63) is 66.0 Å². The molecule has 2 unspecified atom stereocenters. The van der Waals surface area contributed by atoms with Gasteiger partial charge in [-0.2, -0.15) is 0 Å². The Hall–Kier alpha value is -1.85. The van der Waals surface area contributed by atoms with Crippen molar-refractivity contribution in [3.8, 4) is 0 Å². The van der Waals surface area contributed by atoms with Crippen molar-refractivity contribution in [2.45, 2.75) is 30.7 Å². The minimum atomic E-state index is -0.116. The van der Waals surface area contributed by atoms with E-state index < -0.39 is 0 Å². The third-order valence-electron chi connectivity index (χ3n) is 4.12. The van der Waals surface area contributed by atoms with Gasteiger partial charge in [-0.1, -0.05) is 36.4 Å². The first-order chi connectivity index (χ1) is 11.8. The standard InChI is InChI=1S/C19H23N3OS/c23-18(21-12-5-4-9-15-7-2-1-3-8-15)17-14-24-19(22-17)16-10-6-11-20-13-16/h1-3,6-8,10-11,13,17,19,22H,4-5,9,12,14H2,(H,21,23). The molecule has 0 radical (unpaired) electrons. The summed E-state index contributed by atoms with van der Waals surface area (Å²) in [7, 11) is 0. The van der Waals surface area contributed by atoms with Gasteiger partial charge in [0.2, 0.25) is 5.91 Å². The molecule has 1 amide bonds. The van der Waals surface area contributed by atoms with Crippen molar-refractivity contribution < 1.29 is 4.79 Å². The Kier molecular flexibility index (Phi) is 6.26. The predicted molar refractivity (Wildman–Crippen MR) is 98.7 cm³/mol. The first kappa shape index (κ1) is 17.0. The van der Waals surface area contributed by atoms with E-state index in [1.54, 1.807) is 18.0 Å². The molecule has 126 valence electrons. The quantitative estimate of drug-likeness (QED) is 0.760. The second kappa shape index (κ2) is 8.85. The van der Waals surface area contributed by atoms with E-state index in [0.717, 1.165) is 37.1 Å². The lowest BCUT2D eigenvalue weighted by Gasteiger charge is -2.13. The van der Waals surface area contributed by atoms with E-state index in [2.05, 4.69) is 39.9 Å². The van der Waals surface area contributed by atoms with Gasteiger partial charge in [0.05, 0.1) is 11.4 Å². The summed E-state index contributed by atoms with van der Waals surface area (Å²) in [6.07, 6.45) is 6.79. The highest BCUT2D eigenvalue weighted by Crippen LogP contribution is 2.32. The highest BCUT2D eigenvalue weighted by Gasteiger charge is 2.30. The molecule has 5 heteroatoms. The molecule has 1 aliphatic heterocycles. The molecule has 1 aliphatic rings. The van der Waals surface area contributed by atoms with E-state index in [-0.39, 0.29) is 17.3 Å². The molecule has 3 rings (SSSR count). The van der Waals surface area contributed by atoms with Gasteiger partial charge in [0, 0.05) is 24.7 Å². The molecule has 0 saturated carbocycles. The van der Waals surface area contributed by atoms with Gasteiger partial charge in [0.25, 0.3) is 0 Å². The van der Waals surface area contributed by atoms with Gasteiger partial charge in [-0.15, -0.1) is 11.8 Å². The van der Waals surface area contributed by atoms with Crippen molar-refractivity contribution in [1.29, 1.82) is 0 Å². The molecular formula is C19H23N3OS. The largest absolute Gasteiger partial charge is 0.355 e. The average molecular weight is 341 g/mol. The van der Waals surface area contributed by atoms with Crippen LogP contribution < -0.4 is 10.6 Å². The molecular weight excluding hydrogens is 318 g/mol. The van der Waals surface area contributed by atoms with Gasteiger partial charge in [0.1, 0.15) is 0 Å². The van der Waals surface area contributed by atoms with E-state index in [1.165, 1.54) is 5.56 Å². The Balaban J connectivity index is 1.34. The maximum Gasteiger partial charge on any atom is 0.238 e. The lowest BCUT2D eigenvalue weighted by Crippen LogP contribution is -2.42. The molecule has 24 heavy (non-hydrogen) atoms. The van der Waals surface area contributed by atoms with Crippen LogP contribution in [0.5, 0.6) is 0 Å². The number of nitrogens with zero attached hydrogens (tertiary/aromatic N) is 1. The summed E-state index contributed by atoms with van der Waals surface area (Å²) in [5.74, 6) is 0.906. The van der Waals surface area contributed by atoms with Gasteiger partial charge in [-0.05, 0) is 36.5 Å². The van der Waals surface area contributed by atoms with Crippen LogP contribution in [-0.4, -0.2) is 29.2 Å². The van der Waals surface area contributed by atoms with Gasteiger partial charge in [-0.25, -0.2) is 0 Å². The maximum absolute atomic E-state index is 12.3. The highest BCUT2D eigenvalue weighted by atomic mass is 32.2. The molecule has 0 bridgehead atoms. The van der Waals surface area contributed by atoms with Crippen LogP contribution in [0.15, 0.2) is 54.9 Å². The molecule has 0 aliphatic carbocycles. The fourth-order valence-electron chi connectivity index (χ4n) is 2.78. The van der Waals surface area contributed by atoms with Crippen LogP contribution in [0.25, 0.3) is 0 Å². The van der Waals surface area contributed by atoms with Crippen LogP contribution in [-0.2, 0) is 11.2 Å². The zero-order chi connectivity index (χ0) is 16.6. The minimum absolute atomic E-state index is 0.105. The number of carbonyl (C=O) groups excluding carboxylic acids is 1. The Labute approximate surface area is 147 Å². The normalized spacial score (nSPS) is 20.0. The molecule has 2 heterocycles. The number of nitrogens with one attached hydrogen (secondary N) is 2. The third kappa shape index (κ3) is 4.82. The fraction of sp³-hybridized carbons (Fsp3) is 0.368. The molecule has 2 N–H and O–H groups in total. The summed E-state index contributed by atoms with van der Waals surface area (Å²) in [6.45, 7) is 0.742. The lowest BCUT2D eigenvalue weighted by atomic mass is 10.1. The summed E-state index contributed by atoms with van der Waals surface area (Å²) in [5.41, 5.74) is 2.48. The molecule has 1 saturated heterocycles. The summed E-state index contributed by atoms with van der Waals surface area (Å²) in [4.78, 5) is 16.4. The van der Waals surface area contributed by atoms with Crippen molar-refractivity contribution in [1.82, 2.24) is 15.6 Å². The Morgan fingerprint density at radius 1 is 1.21 bits per heavy atom. The molecule has 0 spiro atoms. The average Bonchev–Trinajstić information content (AvgIpc) is 3.13. The number of aromatic nitrogens is 1. The zero-order valence-corrected chi connectivity index (χ0v) is 14.5. The van der Waals surface area contributed by atoms with E-state index in [4.69, 9.17) is 0 Å². The smallest absolute Gasteiger partial charge is 0.238 e. The second-order valence-corrected chi connectivity index (χ2v) is 7.09. The number of pyridine rings is 1. The Morgan fingerprint density at radius 3 is 2.88 bits per heavy atom. The minimum Gasteiger partial charge on any atom is -0.355 e. The molecule has 4 nitrogen and oxygen atoms in total. The monoisotopic (exact) mass is 341 g/mol. The molecule has 1 aromatic heterocycles. The van der Waals surface area contributed by atoms with Crippen molar-refractivity contribution in [2.75, 3.05) is 12.3 Å². The van der Waals surface area contributed by atoms with Crippen LogP contribution in [0.1, 0.15) is 29.3 Å². The van der Waals surface area contributed by atoms with Crippen molar-refractivity contribution in [2.24, 2.45) is 0 Å². The number of hydrogen-bond donors (Lipinski definition) is 2. The molecule has 2 aromatic rings. The number of amides is 1. The first-order valence-electron chi connectivity index (χ1n) is 8.42. The van der Waals surface area contributed by atoms with E-state index in [1.807, 2.05) is 24.4 Å². The number of thioether (sulfide) groups is 1. The highest BCUT2D eigenvalue weighted by molar-refractivity contribution is 7.99. The number of unbranched alkanes of at least 4 members (excludes halogenated alkanes) is 1. The van der Waals surface area contributed by atoms with Gasteiger partial charge >= 0.3 is 0 Å². The van der Waals surface area contributed by atoms with Crippen LogP contribution in [0.2, 0.25) is 0 Å². The first-order valence-corrected chi connectivity index (χ1v) is 9.47. The van der Waals surface area contributed by atoms with Crippen molar-refractivity contribution >= 4 is 17.7 Å². The number of carbonyl (C=O) groups is 1. The summed E-state index contributed by atoms with van der Waals surface area (Å²) in [5, 5.41) is 6.60. The predicted octanol–water partition coefficient (Wildman–Crippen LogP) is 2.92. The Morgan fingerprint density at radius 2 is 2.08 bits per heavy atom. The van der Waals surface area contributed by atoms with Crippen molar-refractivity contribution in [3.63, 3.8) is 0 Å². The molecule has 1 aromatic carbocycles. The second-order valence-electron chi connectivity index (χ2n) is 5.95. The SMILES string of the molecule is O=C(NCCCCc1ccccc1)C1CSC(c2cccnc2)N1. The summed E-state index contributed by atoms with van der Waals surface area (Å²) in [6, 6.07) is 14.3. The maximum atomic E-state index is 12.3. The van der Waals surface area contributed by atoms with E-state index in [0.29, 0.717) is 0 Å². The van der Waals surface area contributed by atoms with E-state index >= 15 is 0 Å². The summed E-state index contributed by atoms with van der Waals surface area (Å²) >= 11 is 1.76. The van der Waals surface area contributed by atoms with Crippen LogP contribution in [0.4, 0.5) is 0 Å². The molecule has 2 atom stereocenters. The Bertz CT molecular complexity index is 636. The number of rotatable bonds is 7. The van der Waals surface area contributed by atoms with Gasteiger partial charge in [0.15, 0.2) is 0 Å². The number of hydrogen-bond acceptors (Lipinski definition) is 4.